The number of rotatable bonds is 2. The molecular formula is C11H20N2O3. The maximum atomic E-state index is 12.1. The molecule has 92 valence electrons. The molecular weight excluding hydrogens is 208 g/mol. The topological polar surface area (TPSA) is 58.6 Å². The van der Waals surface area contributed by atoms with Crippen LogP contribution in [-0.2, 0) is 14.4 Å². The summed E-state index contributed by atoms with van der Waals surface area (Å²) in [6.45, 7) is 6.23. The van der Waals surface area contributed by atoms with Gasteiger partial charge >= 0.3 is 0 Å². The molecule has 0 saturated carbocycles. The van der Waals surface area contributed by atoms with E-state index in [2.05, 4.69) is 10.3 Å². The van der Waals surface area contributed by atoms with Gasteiger partial charge in [-0.25, -0.2) is 5.48 Å². The molecule has 5 nitrogen and oxygen atoms in total. The number of carbonyl (C=O) groups is 2. The molecule has 1 aliphatic heterocycles. The highest BCUT2D eigenvalue weighted by Crippen LogP contribution is 2.25. The predicted molar refractivity (Wildman–Crippen MR) is 59.3 cm³/mol. The van der Waals surface area contributed by atoms with Gasteiger partial charge < -0.3 is 4.90 Å². The highest BCUT2D eigenvalue weighted by molar-refractivity contribution is 5.89. The molecule has 0 spiro atoms. The molecule has 16 heavy (non-hydrogen) atoms. The first-order valence-corrected chi connectivity index (χ1v) is 5.52. The third kappa shape index (κ3) is 2.72. The molecule has 1 aliphatic rings. The minimum atomic E-state index is -0.448. The van der Waals surface area contributed by atoms with Crippen molar-refractivity contribution in [3.63, 3.8) is 0 Å². The molecule has 1 heterocycles. The maximum absolute atomic E-state index is 12.1. The Balaban J connectivity index is 2.73. The molecule has 0 radical (unpaired) electrons. The van der Waals surface area contributed by atoms with Crippen molar-refractivity contribution in [2.75, 3.05) is 13.7 Å². The highest BCUT2D eigenvalue weighted by atomic mass is 16.6. The van der Waals surface area contributed by atoms with Crippen LogP contribution < -0.4 is 5.48 Å². The summed E-state index contributed by atoms with van der Waals surface area (Å²) in [5, 5.41) is 0. The maximum Gasteiger partial charge on any atom is 0.266 e. The van der Waals surface area contributed by atoms with E-state index >= 15 is 0 Å². The van der Waals surface area contributed by atoms with Gasteiger partial charge in [0.2, 0.25) is 5.91 Å². The van der Waals surface area contributed by atoms with Crippen molar-refractivity contribution in [1.29, 1.82) is 0 Å². The molecule has 1 atom stereocenters. The van der Waals surface area contributed by atoms with Crippen molar-refractivity contribution in [1.82, 2.24) is 10.4 Å². The van der Waals surface area contributed by atoms with Crippen molar-refractivity contribution >= 4 is 11.8 Å². The summed E-state index contributed by atoms with van der Waals surface area (Å²) in [4.78, 5) is 30.0. The number of likely N-dealkylation sites (tertiary alicyclic amines) is 1. The molecule has 1 fully saturated rings. The van der Waals surface area contributed by atoms with Gasteiger partial charge in [0.25, 0.3) is 5.91 Å². The Kier molecular flexibility index (Phi) is 3.91. The summed E-state index contributed by atoms with van der Waals surface area (Å²) in [5.41, 5.74) is 1.84. The van der Waals surface area contributed by atoms with Crippen LogP contribution in [0.25, 0.3) is 0 Å². The van der Waals surface area contributed by atoms with Crippen molar-refractivity contribution in [3.05, 3.63) is 0 Å². The summed E-state index contributed by atoms with van der Waals surface area (Å²) in [6, 6.07) is -0.383. The summed E-state index contributed by atoms with van der Waals surface area (Å²) >= 11 is 0. The van der Waals surface area contributed by atoms with Crippen LogP contribution in [0, 0.1) is 5.41 Å². The van der Waals surface area contributed by atoms with Crippen LogP contribution in [0.3, 0.4) is 0 Å². The number of nitrogens with one attached hydrogen (secondary N) is 1. The summed E-state index contributed by atoms with van der Waals surface area (Å²) in [6.07, 6.45) is 1.57. The van der Waals surface area contributed by atoms with Gasteiger partial charge in [-0.2, -0.15) is 0 Å². The van der Waals surface area contributed by atoms with E-state index in [-0.39, 0.29) is 17.9 Å². The normalized spacial score (nSPS) is 21.0. The van der Waals surface area contributed by atoms with Crippen LogP contribution in [0.4, 0.5) is 0 Å². The fraction of sp³-hybridized carbons (Fsp3) is 0.818. The standard InChI is InChI=1S/C11H20N2O3/c1-11(2,3)10(15)13-7-5-6-8(13)9(14)12-16-4/h8H,5-7H2,1-4H3,(H,12,14)/t8-/m0/s1. The van der Waals surface area contributed by atoms with E-state index < -0.39 is 5.41 Å². The van der Waals surface area contributed by atoms with Gasteiger partial charge in [0.05, 0.1) is 7.11 Å². The Labute approximate surface area is 96.1 Å². The Morgan fingerprint density at radius 3 is 2.50 bits per heavy atom. The third-order valence-corrected chi connectivity index (χ3v) is 2.66. The minimum absolute atomic E-state index is 0.0150. The SMILES string of the molecule is CONC(=O)[C@@H]1CCCN1C(=O)C(C)(C)C. The van der Waals surface area contributed by atoms with Crippen LogP contribution in [0.2, 0.25) is 0 Å². The van der Waals surface area contributed by atoms with Gasteiger partial charge in [0.15, 0.2) is 0 Å². The van der Waals surface area contributed by atoms with Crippen molar-refractivity contribution in [2.45, 2.75) is 39.7 Å². The van der Waals surface area contributed by atoms with E-state index in [0.717, 1.165) is 6.42 Å². The fourth-order valence-electron chi connectivity index (χ4n) is 1.88. The Morgan fingerprint density at radius 2 is 2.00 bits per heavy atom. The summed E-state index contributed by atoms with van der Waals surface area (Å²) in [5.74, 6) is -0.223. The lowest BCUT2D eigenvalue weighted by atomic mass is 9.94. The predicted octanol–water partition coefficient (Wildman–Crippen LogP) is 0.701. The van der Waals surface area contributed by atoms with Crippen LogP contribution in [0.1, 0.15) is 33.6 Å². The number of nitrogens with zero attached hydrogens (tertiary/aromatic N) is 1. The van der Waals surface area contributed by atoms with Crippen molar-refractivity contribution in [2.24, 2.45) is 5.41 Å². The zero-order valence-electron chi connectivity index (χ0n) is 10.4. The summed E-state index contributed by atoms with van der Waals surface area (Å²) < 4.78 is 0. The molecule has 5 heteroatoms. The fourth-order valence-corrected chi connectivity index (χ4v) is 1.88. The lowest BCUT2D eigenvalue weighted by Crippen LogP contribution is -2.49. The first-order chi connectivity index (χ1) is 7.38. The molecule has 2 amide bonds. The number of hydrogen-bond donors (Lipinski definition) is 1. The summed E-state index contributed by atoms with van der Waals surface area (Å²) in [7, 11) is 1.39. The molecule has 0 unspecified atom stereocenters. The molecule has 0 aromatic rings. The van der Waals surface area contributed by atoms with Gasteiger partial charge in [-0.15, -0.1) is 0 Å². The van der Waals surface area contributed by atoms with Gasteiger partial charge in [-0.1, -0.05) is 20.8 Å². The Hall–Kier alpha value is -1.10. The van der Waals surface area contributed by atoms with Gasteiger partial charge in [0.1, 0.15) is 6.04 Å². The Morgan fingerprint density at radius 1 is 1.38 bits per heavy atom. The van der Waals surface area contributed by atoms with Gasteiger partial charge in [-0.05, 0) is 12.8 Å². The average molecular weight is 228 g/mol. The average Bonchev–Trinajstić information content (AvgIpc) is 2.63. The minimum Gasteiger partial charge on any atom is -0.330 e. The van der Waals surface area contributed by atoms with Crippen molar-refractivity contribution < 1.29 is 14.4 Å². The lowest BCUT2D eigenvalue weighted by molar-refractivity contribution is -0.148. The zero-order chi connectivity index (χ0) is 12.3. The smallest absolute Gasteiger partial charge is 0.266 e. The van der Waals surface area contributed by atoms with E-state index in [1.807, 2.05) is 20.8 Å². The van der Waals surface area contributed by atoms with Crippen LogP contribution >= 0.6 is 0 Å². The molecule has 1 N–H and O–H groups in total. The molecule has 0 aliphatic carbocycles. The second-order valence-corrected chi connectivity index (χ2v) is 5.08. The van der Waals surface area contributed by atoms with E-state index in [4.69, 9.17) is 0 Å². The second-order valence-electron chi connectivity index (χ2n) is 5.08. The molecule has 0 aromatic carbocycles. The zero-order valence-corrected chi connectivity index (χ0v) is 10.4. The van der Waals surface area contributed by atoms with Gasteiger partial charge in [0, 0.05) is 12.0 Å². The van der Waals surface area contributed by atoms with Crippen molar-refractivity contribution in [3.8, 4) is 0 Å². The first-order valence-electron chi connectivity index (χ1n) is 5.52. The van der Waals surface area contributed by atoms with Crippen LogP contribution in [-0.4, -0.2) is 36.4 Å². The van der Waals surface area contributed by atoms with Crippen LogP contribution in [0.15, 0.2) is 0 Å². The first kappa shape index (κ1) is 13.0. The number of hydrogen-bond acceptors (Lipinski definition) is 3. The molecule has 0 bridgehead atoms. The largest absolute Gasteiger partial charge is 0.330 e. The highest BCUT2D eigenvalue weighted by Gasteiger charge is 2.38. The quantitative estimate of drug-likeness (QED) is 0.708. The van der Waals surface area contributed by atoms with E-state index in [0.29, 0.717) is 13.0 Å². The number of amides is 2. The number of carbonyl (C=O) groups excluding carboxylic acids is 2. The second kappa shape index (κ2) is 4.82. The third-order valence-electron chi connectivity index (χ3n) is 2.66. The molecule has 0 aromatic heterocycles. The van der Waals surface area contributed by atoms with E-state index in [1.165, 1.54) is 7.11 Å². The van der Waals surface area contributed by atoms with E-state index in [1.54, 1.807) is 4.90 Å². The van der Waals surface area contributed by atoms with Gasteiger partial charge in [-0.3, -0.25) is 14.4 Å². The monoisotopic (exact) mass is 228 g/mol. The number of hydroxylamine groups is 1. The molecule has 1 saturated heterocycles. The van der Waals surface area contributed by atoms with Crippen LogP contribution in [0.5, 0.6) is 0 Å². The Bertz CT molecular complexity index is 283. The molecule has 1 rings (SSSR count). The lowest BCUT2D eigenvalue weighted by Gasteiger charge is -2.29. The van der Waals surface area contributed by atoms with E-state index in [9.17, 15) is 9.59 Å².